The zero-order valence-electron chi connectivity index (χ0n) is 7.19. The zero-order chi connectivity index (χ0) is 9.56. The number of hydrogen-bond donors (Lipinski definition) is 1. The van der Waals surface area contributed by atoms with E-state index in [2.05, 4.69) is 11.6 Å². The van der Waals surface area contributed by atoms with Crippen molar-refractivity contribution in [2.45, 2.75) is 0 Å². The average molecular weight is 168 g/mol. The molecule has 0 aliphatic rings. The molecule has 0 bridgehead atoms. The van der Waals surface area contributed by atoms with E-state index in [0.29, 0.717) is 0 Å². The zero-order valence-corrected chi connectivity index (χ0v) is 7.19. The molecule has 0 radical (unpaired) electrons. The summed E-state index contributed by atoms with van der Waals surface area (Å²) in [7, 11) is 3.11. The summed E-state index contributed by atoms with van der Waals surface area (Å²) in [5, 5.41) is 6.85. The summed E-state index contributed by atoms with van der Waals surface area (Å²) in [5.41, 5.74) is 0. The van der Waals surface area contributed by atoms with Gasteiger partial charge in [-0.3, -0.25) is 20.2 Å². The Morgan fingerprint density at radius 1 is 1.67 bits per heavy atom. The standard InChI is InChI=1S/C7H12N4O/c1-4-11(5-8)7(12)10(3)6-9-2/h4-6,8H,1H2,2-3H3. The first-order valence-electron chi connectivity index (χ1n) is 3.28. The maximum atomic E-state index is 11.2. The lowest BCUT2D eigenvalue weighted by Crippen LogP contribution is -2.36. The van der Waals surface area contributed by atoms with Crippen molar-refractivity contribution >= 4 is 18.7 Å². The Labute approximate surface area is 71.5 Å². The van der Waals surface area contributed by atoms with E-state index in [1.54, 1.807) is 14.1 Å². The fourth-order valence-electron chi connectivity index (χ4n) is 0.591. The van der Waals surface area contributed by atoms with Crippen LogP contribution in [0, 0.1) is 5.41 Å². The summed E-state index contributed by atoms with van der Waals surface area (Å²) < 4.78 is 0. The number of amides is 2. The van der Waals surface area contributed by atoms with Gasteiger partial charge in [0.05, 0.1) is 12.7 Å². The molecule has 0 aliphatic carbocycles. The van der Waals surface area contributed by atoms with E-state index >= 15 is 0 Å². The summed E-state index contributed by atoms with van der Waals surface area (Å²) in [5.74, 6) is 0. The van der Waals surface area contributed by atoms with Crippen LogP contribution in [-0.4, -0.2) is 42.6 Å². The Morgan fingerprint density at radius 3 is 2.58 bits per heavy atom. The second-order valence-electron chi connectivity index (χ2n) is 1.99. The summed E-state index contributed by atoms with van der Waals surface area (Å²) in [4.78, 5) is 17.2. The van der Waals surface area contributed by atoms with Crippen molar-refractivity contribution in [2.24, 2.45) is 4.99 Å². The summed E-state index contributed by atoms with van der Waals surface area (Å²) >= 11 is 0. The molecule has 1 N–H and O–H groups in total. The number of nitrogens with one attached hydrogen (secondary N) is 1. The van der Waals surface area contributed by atoms with Crippen LogP contribution in [-0.2, 0) is 0 Å². The molecule has 0 aromatic carbocycles. The Bertz CT molecular complexity index is 203. The third kappa shape index (κ3) is 2.53. The highest BCUT2D eigenvalue weighted by Crippen LogP contribution is 1.91. The molecule has 0 aromatic rings. The molecule has 66 valence electrons. The van der Waals surface area contributed by atoms with Crippen LogP contribution in [0.15, 0.2) is 17.8 Å². The van der Waals surface area contributed by atoms with Gasteiger partial charge >= 0.3 is 6.03 Å². The minimum Gasteiger partial charge on any atom is -0.291 e. The van der Waals surface area contributed by atoms with Gasteiger partial charge in [0.15, 0.2) is 0 Å². The van der Waals surface area contributed by atoms with Crippen molar-refractivity contribution in [3.05, 3.63) is 12.8 Å². The maximum Gasteiger partial charge on any atom is 0.334 e. The van der Waals surface area contributed by atoms with Crippen LogP contribution in [0.2, 0.25) is 0 Å². The van der Waals surface area contributed by atoms with E-state index in [1.165, 1.54) is 17.4 Å². The summed E-state index contributed by atoms with van der Waals surface area (Å²) in [6.45, 7) is 3.38. The molecule has 2 amide bonds. The molecule has 0 aromatic heterocycles. The molecule has 0 rings (SSSR count). The molecule has 5 heteroatoms. The van der Waals surface area contributed by atoms with E-state index < -0.39 is 0 Å². The number of hydrogen-bond acceptors (Lipinski definition) is 3. The third-order valence-electron chi connectivity index (χ3n) is 1.15. The van der Waals surface area contributed by atoms with Crippen LogP contribution in [0.25, 0.3) is 0 Å². The van der Waals surface area contributed by atoms with Gasteiger partial charge in [-0.15, -0.1) is 0 Å². The Kier molecular flexibility index (Phi) is 4.36. The van der Waals surface area contributed by atoms with Crippen molar-refractivity contribution in [1.82, 2.24) is 9.80 Å². The van der Waals surface area contributed by atoms with E-state index in [1.807, 2.05) is 0 Å². The fraction of sp³-hybridized carbons (Fsp3) is 0.286. The van der Waals surface area contributed by atoms with Crippen molar-refractivity contribution in [3.8, 4) is 0 Å². The molecule has 0 unspecified atom stereocenters. The Balaban J connectivity index is 4.34. The van der Waals surface area contributed by atoms with Gasteiger partial charge in [0.2, 0.25) is 0 Å². The molecule has 0 saturated carbocycles. The van der Waals surface area contributed by atoms with Gasteiger partial charge in [-0.1, -0.05) is 6.58 Å². The average Bonchev–Trinajstić information content (AvgIpc) is 2.07. The van der Waals surface area contributed by atoms with Gasteiger partial charge in [-0.25, -0.2) is 4.79 Å². The first kappa shape index (κ1) is 10.3. The highest BCUT2D eigenvalue weighted by molar-refractivity contribution is 5.93. The van der Waals surface area contributed by atoms with Crippen LogP contribution in [0.3, 0.4) is 0 Å². The minimum absolute atomic E-state index is 0.370. The summed E-state index contributed by atoms with van der Waals surface area (Å²) in [6.07, 6.45) is 3.51. The van der Waals surface area contributed by atoms with Crippen molar-refractivity contribution in [2.75, 3.05) is 14.1 Å². The van der Waals surface area contributed by atoms with Crippen LogP contribution in [0.5, 0.6) is 0 Å². The highest BCUT2D eigenvalue weighted by Gasteiger charge is 2.10. The van der Waals surface area contributed by atoms with Crippen molar-refractivity contribution < 1.29 is 4.79 Å². The van der Waals surface area contributed by atoms with Crippen LogP contribution in [0.4, 0.5) is 4.79 Å². The van der Waals surface area contributed by atoms with Crippen molar-refractivity contribution in [1.29, 1.82) is 5.41 Å². The number of nitrogens with zero attached hydrogens (tertiary/aromatic N) is 3. The van der Waals surface area contributed by atoms with Gasteiger partial charge in [0, 0.05) is 20.3 Å². The predicted molar refractivity (Wildman–Crippen MR) is 48.4 cm³/mol. The van der Waals surface area contributed by atoms with Gasteiger partial charge in [0.25, 0.3) is 0 Å². The first-order valence-corrected chi connectivity index (χ1v) is 3.28. The lowest BCUT2D eigenvalue weighted by molar-refractivity contribution is 0.216. The quantitative estimate of drug-likeness (QED) is 0.490. The molecule has 0 saturated heterocycles. The lowest BCUT2D eigenvalue weighted by atomic mass is 10.7. The Morgan fingerprint density at radius 2 is 2.25 bits per heavy atom. The Hall–Kier alpha value is -1.65. The van der Waals surface area contributed by atoms with E-state index in [0.717, 1.165) is 11.2 Å². The maximum absolute atomic E-state index is 11.2. The highest BCUT2D eigenvalue weighted by atomic mass is 16.2. The topological polar surface area (TPSA) is 59.8 Å². The molecule has 0 heterocycles. The van der Waals surface area contributed by atoms with E-state index in [4.69, 9.17) is 5.41 Å². The van der Waals surface area contributed by atoms with Gasteiger partial charge < -0.3 is 0 Å². The molecule has 12 heavy (non-hydrogen) atoms. The predicted octanol–water partition coefficient (Wildman–Crippen LogP) is 0.749. The number of carbonyl (C=O) groups excluding carboxylic acids is 1. The monoisotopic (exact) mass is 168 g/mol. The SMILES string of the molecule is C=CN(C=N)C(=O)N(C)C=NC. The molecular formula is C7H12N4O. The van der Waals surface area contributed by atoms with Gasteiger partial charge in [-0.05, 0) is 0 Å². The second kappa shape index (κ2) is 5.06. The van der Waals surface area contributed by atoms with Crippen LogP contribution < -0.4 is 0 Å². The minimum atomic E-state index is -0.370. The molecule has 5 nitrogen and oxygen atoms in total. The van der Waals surface area contributed by atoms with Gasteiger partial charge in [0.1, 0.15) is 0 Å². The van der Waals surface area contributed by atoms with E-state index in [-0.39, 0.29) is 6.03 Å². The smallest absolute Gasteiger partial charge is 0.291 e. The van der Waals surface area contributed by atoms with Crippen LogP contribution in [0.1, 0.15) is 0 Å². The van der Waals surface area contributed by atoms with E-state index in [9.17, 15) is 4.79 Å². The fourth-order valence-corrected chi connectivity index (χ4v) is 0.591. The molecule has 0 spiro atoms. The number of rotatable bonds is 3. The molecule has 0 aliphatic heterocycles. The molecule has 0 fully saturated rings. The number of urea groups is 1. The van der Waals surface area contributed by atoms with Crippen molar-refractivity contribution in [3.63, 3.8) is 0 Å². The lowest BCUT2D eigenvalue weighted by Gasteiger charge is -2.17. The number of aliphatic imine (C=N–C) groups is 1. The van der Waals surface area contributed by atoms with Crippen LogP contribution >= 0.6 is 0 Å². The largest absolute Gasteiger partial charge is 0.334 e. The van der Waals surface area contributed by atoms with Gasteiger partial charge in [-0.2, -0.15) is 0 Å². The third-order valence-corrected chi connectivity index (χ3v) is 1.15. The second-order valence-corrected chi connectivity index (χ2v) is 1.99. The molecule has 0 atom stereocenters. The normalized spacial score (nSPS) is 9.50. The first-order chi connectivity index (χ1) is 5.67. The number of carbonyl (C=O) groups is 1. The summed E-state index contributed by atoms with van der Waals surface area (Å²) in [6, 6.07) is -0.370. The molecular weight excluding hydrogens is 156 g/mol.